The number of aromatic carboxylic acids is 1. The number of hydrogen-bond donors (Lipinski definition) is 2. The lowest BCUT2D eigenvalue weighted by molar-refractivity contribution is 0.0702. The fraction of sp³-hybridized carbons (Fsp3) is 0.143. The summed E-state index contributed by atoms with van der Waals surface area (Å²) >= 11 is 9.21. The van der Waals surface area contributed by atoms with Crippen LogP contribution in [0, 0.1) is 0 Å². The molecular formula is C28H22ClNO5S2. The first-order chi connectivity index (χ1) is 17.8. The number of phenols is 1. The third-order valence-corrected chi connectivity index (χ3v) is 8.23. The van der Waals surface area contributed by atoms with Crippen molar-refractivity contribution in [2.75, 3.05) is 0 Å². The van der Waals surface area contributed by atoms with Crippen LogP contribution < -0.4 is 4.74 Å². The number of aromatic nitrogens is 1. The van der Waals surface area contributed by atoms with Crippen molar-refractivity contribution >= 4 is 50.8 Å². The van der Waals surface area contributed by atoms with Crippen molar-refractivity contribution in [1.82, 2.24) is 5.16 Å². The number of thiophene rings is 1. The Kier molecular flexibility index (Phi) is 7.15. The van der Waals surface area contributed by atoms with Crippen LogP contribution in [-0.2, 0) is 6.61 Å². The average Bonchev–Trinajstić information content (AvgIpc) is 3.49. The summed E-state index contributed by atoms with van der Waals surface area (Å²) in [6, 6.07) is 20.2. The number of carbonyl (C=O) groups is 1. The van der Waals surface area contributed by atoms with Gasteiger partial charge in [-0.3, -0.25) is 0 Å². The van der Waals surface area contributed by atoms with Gasteiger partial charge < -0.3 is 19.5 Å². The van der Waals surface area contributed by atoms with Crippen LogP contribution in [0.5, 0.6) is 11.5 Å². The summed E-state index contributed by atoms with van der Waals surface area (Å²) in [4.78, 5) is 13.7. The smallest absolute Gasteiger partial charge is 0.345 e. The highest BCUT2D eigenvalue weighted by Crippen LogP contribution is 2.40. The van der Waals surface area contributed by atoms with Crippen LogP contribution in [0.4, 0.5) is 0 Å². The number of rotatable bonds is 8. The highest BCUT2D eigenvalue weighted by Gasteiger charge is 2.24. The maximum atomic E-state index is 11.4. The molecule has 2 N–H and O–H groups in total. The second-order valence-corrected chi connectivity index (χ2v) is 11.2. The molecule has 0 spiro atoms. The van der Waals surface area contributed by atoms with Crippen LogP contribution in [0.2, 0.25) is 5.02 Å². The summed E-state index contributed by atoms with van der Waals surface area (Å²) < 4.78 is 12.6. The van der Waals surface area contributed by atoms with E-state index in [4.69, 9.17) is 20.9 Å². The van der Waals surface area contributed by atoms with Gasteiger partial charge in [-0.2, -0.15) is 0 Å². The summed E-state index contributed by atoms with van der Waals surface area (Å²) in [5.41, 5.74) is 1.61. The second-order valence-electron chi connectivity index (χ2n) is 8.61. The standard InChI is InChI=1S/C28H22ClNO5S2/c1-15(2)27-19(26(30-35-27)25-20(29)5-3-6-21(25)31)14-34-16-9-11-17(12-10-16)36-22-7-4-8-23-18(22)13-24(37-23)28(32)33/h3-13,15,31H,14H2,1-2H3,(H,32,33). The highest BCUT2D eigenvalue weighted by atomic mass is 35.5. The molecule has 0 saturated heterocycles. The van der Waals surface area contributed by atoms with E-state index in [1.165, 1.54) is 11.3 Å². The van der Waals surface area contributed by atoms with Crippen molar-refractivity contribution in [2.45, 2.75) is 36.2 Å². The molecule has 0 bridgehead atoms. The van der Waals surface area contributed by atoms with Gasteiger partial charge in [0.15, 0.2) is 0 Å². The molecule has 0 saturated carbocycles. The quantitative estimate of drug-likeness (QED) is 0.200. The van der Waals surface area contributed by atoms with E-state index in [2.05, 4.69) is 5.16 Å². The summed E-state index contributed by atoms with van der Waals surface area (Å²) in [5.74, 6) is 0.502. The molecular weight excluding hydrogens is 530 g/mol. The van der Waals surface area contributed by atoms with Crippen LogP contribution in [-0.4, -0.2) is 21.3 Å². The number of benzene rings is 3. The van der Waals surface area contributed by atoms with Crippen LogP contribution >= 0.6 is 34.7 Å². The predicted molar refractivity (Wildman–Crippen MR) is 146 cm³/mol. The molecule has 188 valence electrons. The van der Waals surface area contributed by atoms with Gasteiger partial charge in [-0.15, -0.1) is 11.3 Å². The molecule has 0 aliphatic carbocycles. The molecule has 0 atom stereocenters. The Morgan fingerprint density at radius 2 is 1.89 bits per heavy atom. The van der Waals surface area contributed by atoms with E-state index in [0.29, 0.717) is 32.7 Å². The van der Waals surface area contributed by atoms with E-state index in [9.17, 15) is 15.0 Å². The van der Waals surface area contributed by atoms with Gasteiger partial charge in [0.05, 0.1) is 16.1 Å². The maximum absolute atomic E-state index is 11.4. The van der Waals surface area contributed by atoms with E-state index in [1.54, 1.807) is 36.0 Å². The number of ether oxygens (including phenoxy) is 1. The van der Waals surface area contributed by atoms with E-state index >= 15 is 0 Å². The monoisotopic (exact) mass is 551 g/mol. The Bertz CT molecular complexity index is 1570. The third-order valence-electron chi connectivity index (χ3n) is 5.74. The van der Waals surface area contributed by atoms with E-state index in [1.807, 2.05) is 56.3 Å². The number of nitrogens with zero attached hydrogens (tertiary/aromatic N) is 1. The minimum absolute atomic E-state index is 0.0230. The molecule has 9 heteroatoms. The zero-order chi connectivity index (χ0) is 26.1. The van der Waals surface area contributed by atoms with Crippen molar-refractivity contribution in [2.24, 2.45) is 0 Å². The number of aromatic hydroxyl groups is 1. The first kappa shape index (κ1) is 25.2. The molecule has 0 aliphatic rings. The Labute approximate surface area is 226 Å². The lowest BCUT2D eigenvalue weighted by atomic mass is 10.0. The van der Waals surface area contributed by atoms with Crippen molar-refractivity contribution in [3.05, 3.63) is 88.0 Å². The molecule has 0 fully saturated rings. The van der Waals surface area contributed by atoms with Gasteiger partial charge in [-0.05, 0) is 54.6 Å². The van der Waals surface area contributed by atoms with Crippen molar-refractivity contribution < 1.29 is 24.3 Å². The van der Waals surface area contributed by atoms with Gasteiger partial charge in [-0.1, -0.05) is 54.5 Å². The maximum Gasteiger partial charge on any atom is 0.345 e. The minimum atomic E-state index is -0.917. The number of hydrogen-bond acceptors (Lipinski definition) is 7. The van der Waals surface area contributed by atoms with Crippen LogP contribution in [0.15, 0.2) is 81.0 Å². The number of fused-ring (bicyclic) bond motifs is 1. The Hall–Kier alpha value is -3.46. The normalized spacial score (nSPS) is 11.4. The van der Waals surface area contributed by atoms with Crippen LogP contribution in [0.3, 0.4) is 0 Å². The fourth-order valence-corrected chi connectivity index (χ4v) is 6.18. The SMILES string of the molecule is CC(C)c1onc(-c2c(O)cccc2Cl)c1COc1ccc(Sc2cccc3sc(C(=O)O)cc23)cc1. The number of halogens is 1. The van der Waals surface area contributed by atoms with Gasteiger partial charge in [0.1, 0.15) is 34.4 Å². The molecule has 5 aromatic rings. The predicted octanol–water partition coefficient (Wildman–Crippen LogP) is 8.47. The molecule has 0 aliphatic heterocycles. The number of carboxylic acid groups (broad SMARTS) is 1. The molecule has 2 heterocycles. The summed E-state index contributed by atoms with van der Waals surface area (Å²) in [7, 11) is 0. The van der Waals surface area contributed by atoms with Gasteiger partial charge in [0, 0.05) is 25.8 Å². The van der Waals surface area contributed by atoms with E-state index in [-0.39, 0.29) is 18.3 Å². The zero-order valence-corrected chi connectivity index (χ0v) is 22.3. The largest absolute Gasteiger partial charge is 0.507 e. The average molecular weight is 552 g/mol. The van der Waals surface area contributed by atoms with E-state index in [0.717, 1.165) is 25.4 Å². The molecule has 5 rings (SSSR count). The zero-order valence-electron chi connectivity index (χ0n) is 19.9. The molecule has 0 radical (unpaired) electrons. The first-order valence-electron chi connectivity index (χ1n) is 11.4. The second kappa shape index (κ2) is 10.5. The summed E-state index contributed by atoms with van der Waals surface area (Å²) in [5, 5.41) is 25.3. The minimum Gasteiger partial charge on any atom is -0.507 e. The highest BCUT2D eigenvalue weighted by molar-refractivity contribution is 7.99. The van der Waals surface area contributed by atoms with Crippen molar-refractivity contribution in [1.29, 1.82) is 0 Å². The topological polar surface area (TPSA) is 92.8 Å². The molecule has 0 amide bonds. The lowest BCUT2D eigenvalue weighted by Gasteiger charge is -2.11. The molecule has 6 nitrogen and oxygen atoms in total. The van der Waals surface area contributed by atoms with Gasteiger partial charge in [-0.25, -0.2) is 4.79 Å². The van der Waals surface area contributed by atoms with Gasteiger partial charge in [0.2, 0.25) is 0 Å². The Balaban J connectivity index is 1.36. The lowest BCUT2D eigenvalue weighted by Crippen LogP contribution is -2.01. The van der Waals surface area contributed by atoms with Crippen molar-refractivity contribution in [3.8, 4) is 22.8 Å². The molecule has 37 heavy (non-hydrogen) atoms. The molecule has 2 aromatic heterocycles. The van der Waals surface area contributed by atoms with Gasteiger partial charge in [0.25, 0.3) is 0 Å². The van der Waals surface area contributed by atoms with E-state index < -0.39 is 5.97 Å². The van der Waals surface area contributed by atoms with Crippen LogP contribution in [0.25, 0.3) is 21.3 Å². The number of carboxylic acids is 1. The summed E-state index contributed by atoms with van der Waals surface area (Å²) in [6.07, 6.45) is 0. The summed E-state index contributed by atoms with van der Waals surface area (Å²) in [6.45, 7) is 4.19. The van der Waals surface area contributed by atoms with Gasteiger partial charge >= 0.3 is 5.97 Å². The fourth-order valence-electron chi connectivity index (χ4n) is 3.97. The van der Waals surface area contributed by atoms with Crippen LogP contribution in [0.1, 0.15) is 40.8 Å². The Morgan fingerprint density at radius 1 is 1.14 bits per heavy atom. The van der Waals surface area contributed by atoms with Crippen molar-refractivity contribution in [3.63, 3.8) is 0 Å². The third kappa shape index (κ3) is 5.18. The first-order valence-corrected chi connectivity index (χ1v) is 13.5. The molecule has 3 aromatic carbocycles. The number of phenolic OH excluding ortho intramolecular Hbond substituents is 1. The molecule has 0 unspecified atom stereocenters. The Morgan fingerprint density at radius 3 is 2.59 bits per heavy atom.